The van der Waals surface area contributed by atoms with E-state index in [1.165, 1.54) is 4.88 Å². The molecule has 0 spiro atoms. The summed E-state index contributed by atoms with van der Waals surface area (Å²) in [6.07, 6.45) is 3.70. The van der Waals surface area contributed by atoms with Crippen molar-refractivity contribution in [3.8, 4) is 0 Å². The van der Waals surface area contributed by atoms with E-state index < -0.39 is 0 Å². The Morgan fingerprint density at radius 2 is 2.33 bits per heavy atom. The molecule has 0 amide bonds. The summed E-state index contributed by atoms with van der Waals surface area (Å²) >= 11 is 1.70. The van der Waals surface area contributed by atoms with Gasteiger partial charge in [-0.25, -0.2) is 4.98 Å². The summed E-state index contributed by atoms with van der Waals surface area (Å²) in [6.45, 7) is 1.61. The van der Waals surface area contributed by atoms with Gasteiger partial charge in [0, 0.05) is 30.9 Å². The Hall–Kier alpha value is -1.17. The molecule has 1 atom stereocenters. The van der Waals surface area contributed by atoms with E-state index in [2.05, 4.69) is 21.3 Å². The van der Waals surface area contributed by atoms with Crippen molar-refractivity contribution >= 4 is 11.3 Å². The summed E-state index contributed by atoms with van der Waals surface area (Å²) in [5.41, 5.74) is 0. The molecule has 0 aromatic carbocycles. The molecule has 2 aromatic rings. The molecule has 0 aliphatic heterocycles. The van der Waals surface area contributed by atoms with Gasteiger partial charge in [0.2, 0.25) is 0 Å². The molecule has 0 radical (unpaired) electrons. The number of thiophene rings is 1. The number of ether oxygens (including phenoxy) is 1. The normalized spacial score (nSPS) is 13.1. The molecule has 0 aliphatic rings. The monoisotopic (exact) mass is 265 g/mol. The molecule has 0 fully saturated rings. The highest BCUT2D eigenvalue weighted by atomic mass is 32.1. The molecule has 2 heterocycles. The zero-order valence-electron chi connectivity index (χ0n) is 11.0. The fourth-order valence-corrected chi connectivity index (χ4v) is 2.48. The van der Waals surface area contributed by atoms with Gasteiger partial charge in [-0.05, 0) is 25.5 Å². The molecule has 98 valence electrons. The van der Waals surface area contributed by atoms with Gasteiger partial charge in [-0.1, -0.05) is 6.07 Å². The second-order valence-corrected chi connectivity index (χ2v) is 5.45. The number of rotatable bonds is 6. The summed E-state index contributed by atoms with van der Waals surface area (Å²) < 4.78 is 8.02. The van der Waals surface area contributed by atoms with Crippen LogP contribution in [-0.2, 0) is 11.8 Å². The van der Waals surface area contributed by atoms with Gasteiger partial charge in [0.1, 0.15) is 11.9 Å². The lowest BCUT2D eigenvalue weighted by Crippen LogP contribution is -2.20. The predicted molar refractivity (Wildman–Crippen MR) is 73.9 cm³/mol. The Bertz CT molecular complexity index is 464. The molecule has 2 rings (SSSR count). The SMILES string of the molecule is CN(C)CCOC(c1cccs1)c1nccn1C. The smallest absolute Gasteiger partial charge is 0.149 e. The minimum Gasteiger partial charge on any atom is -0.363 e. The molecule has 4 nitrogen and oxygen atoms in total. The minimum atomic E-state index is -0.0649. The lowest BCUT2D eigenvalue weighted by molar-refractivity contribution is 0.0639. The predicted octanol–water partition coefficient (Wildman–Crippen LogP) is 2.15. The number of likely N-dealkylation sites (N-methyl/N-ethyl adjacent to an activating group) is 1. The van der Waals surface area contributed by atoms with Crippen molar-refractivity contribution in [2.24, 2.45) is 7.05 Å². The van der Waals surface area contributed by atoms with Gasteiger partial charge in [0.15, 0.2) is 0 Å². The Balaban J connectivity index is 2.12. The van der Waals surface area contributed by atoms with Gasteiger partial charge < -0.3 is 14.2 Å². The first-order valence-corrected chi connectivity index (χ1v) is 6.83. The second kappa shape index (κ2) is 6.13. The van der Waals surface area contributed by atoms with E-state index in [4.69, 9.17) is 4.74 Å². The van der Waals surface area contributed by atoms with Crippen molar-refractivity contribution in [3.05, 3.63) is 40.6 Å². The van der Waals surface area contributed by atoms with Gasteiger partial charge in [-0.2, -0.15) is 0 Å². The van der Waals surface area contributed by atoms with E-state index >= 15 is 0 Å². The molecule has 0 saturated heterocycles. The van der Waals surface area contributed by atoms with Gasteiger partial charge >= 0.3 is 0 Å². The number of imidazole rings is 1. The molecule has 0 saturated carbocycles. The maximum Gasteiger partial charge on any atom is 0.149 e. The number of hydrogen-bond acceptors (Lipinski definition) is 4. The van der Waals surface area contributed by atoms with Crippen molar-refractivity contribution in [3.63, 3.8) is 0 Å². The fourth-order valence-electron chi connectivity index (χ4n) is 1.71. The van der Waals surface area contributed by atoms with Crippen LogP contribution in [0.4, 0.5) is 0 Å². The van der Waals surface area contributed by atoms with E-state index in [1.807, 2.05) is 44.2 Å². The van der Waals surface area contributed by atoms with Crippen LogP contribution in [0.2, 0.25) is 0 Å². The van der Waals surface area contributed by atoms with Gasteiger partial charge in [0.05, 0.1) is 6.61 Å². The highest BCUT2D eigenvalue weighted by Gasteiger charge is 2.19. The molecular formula is C13H19N3OS. The largest absolute Gasteiger partial charge is 0.363 e. The minimum absolute atomic E-state index is 0.0649. The average molecular weight is 265 g/mol. The third-order valence-corrected chi connectivity index (χ3v) is 3.63. The highest BCUT2D eigenvalue weighted by molar-refractivity contribution is 7.10. The molecule has 0 bridgehead atoms. The van der Waals surface area contributed by atoms with Crippen molar-refractivity contribution < 1.29 is 4.74 Å². The number of nitrogens with zero attached hydrogens (tertiary/aromatic N) is 3. The first kappa shape index (κ1) is 13.3. The van der Waals surface area contributed by atoms with Crippen LogP contribution in [0.15, 0.2) is 29.9 Å². The van der Waals surface area contributed by atoms with E-state index in [-0.39, 0.29) is 6.10 Å². The van der Waals surface area contributed by atoms with Crippen LogP contribution in [0.5, 0.6) is 0 Å². The number of aromatic nitrogens is 2. The van der Waals surface area contributed by atoms with E-state index in [0.29, 0.717) is 6.61 Å². The maximum absolute atomic E-state index is 6.01. The lowest BCUT2D eigenvalue weighted by Gasteiger charge is -2.18. The third-order valence-electron chi connectivity index (χ3n) is 2.72. The number of aryl methyl sites for hydroxylation is 1. The van der Waals surface area contributed by atoms with Crippen molar-refractivity contribution in [2.75, 3.05) is 27.2 Å². The molecule has 2 aromatic heterocycles. The van der Waals surface area contributed by atoms with E-state index in [9.17, 15) is 0 Å². The summed E-state index contributed by atoms with van der Waals surface area (Å²) in [5, 5.41) is 2.07. The summed E-state index contributed by atoms with van der Waals surface area (Å²) in [5.74, 6) is 0.955. The van der Waals surface area contributed by atoms with Crippen LogP contribution < -0.4 is 0 Å². The first-order chi connectivity index (χ1) is 8.68. The molecular weight excluding hydrogens is 246 g/mol. The zero-order valence-corrected chi connectivity index (χ0v) is 11.9. The average Bonchev–Trinajstić information content (AvgIpc) is 2.96. The quantitative estimate of drug-likeness (QED) is 0.801. The standard InChI is InChI=1S/C13H19N3OS/c1-15(2)8-9-17-12(11-5-4-10-18-11)13-14-6-7-16(13)3/h4-7,10,12H,8-9H2,1-3H3. The van der Waals surface area contributed by atoms with Crippen molar-refractivity contribution in [1.82, 2.24) is 14.5 Å². The van der Waals surface area contributed by atoms with E-state index in [0.717, 1.165) is 12.4 Å². The van der Waals surface area contributed by atoms with Crippen LogP contribution in [-0.4, -0.2) is 41.7 Å². The van der Waals surface area contributed by atoms with Gasteiger partial charge in [0.25, 0.3) is 0 Å². The summed E-state index contributed by atoms with van der Waals surface area (Å²) in [7, 11) is 6.09. The Morgan fingerprint density at radius 1 is 1.50 bits per heavy atom. The molecule has 5 heteroatoms. The highest BCUT2D eigenvalue weighted by Crippen LogP contribution is 2.27. The van der Waals surface area contributed by atoms with Crippen LogP contribution in [0.1, 0.15) is 16.8 Å². The molecule has 0 N–H and O–H groups in total. The van der Waals surface area contributed by atoms with Crippen LogP contribution in [0.25, 0.3) is 0 Å². The summed E-state index contributed by atoms with van der Waals surface area (Å²) in [6, 6.07) is 4.14. The maximum atomic E-state index is 6.01. The molecule has 18 heavy (non-hydrogen) atoms. The van der Waals surface area contributed by atoms with Gasteiger partial charge in [-0.15, -0.1) is 11.3 Å². The summed E-state index contributed by atoms with van der Waals surface area (Å²) in [4.78, 5) is 7.71. The van der Waals surface area contributed by atoms with Crippen molar-refractivity contribution in [1.29, 1.82) is 0 Å². The first-order valence-electron chi connectivity index (χ1n) is 5.95. The Morgan fingerprint density at radius 3 is 2.89 bits per heavy atom. The lowest BCUT2D eigenvalue weighted by atomic mass is 10.2. The topological polar surface area (TPSA) is 30.3 Å². The second-order valence-electron chi connectivity index (χ2n) is 4.47. The van der Waals surface area contributed by atoms with Crippen LogP contribution in [0, 0.1) is 0 Å². The van der Waals surface area contributed by atoms with Gasteiger partial charge in [-0.3, -0.25) is 0 Å². The number of hydrogen-bond donors (Lipinski definition) is 0. The Labute approximate surface area is 112 Å². The van der Waals surface area contributed by atoms with E-state index in [1.54, 1.807) is 11.3 Å². The molecule has 0 aliphatic carbocycles. The van der Waals surface area contributed by atoms with Crippen molar-refractivity contribution in [2.45, 2.75) is 6.10 Å². The molecule has 1 unspecified atom stereocenters. The fraction of sp³-hybridized carbons (Fsp3) is 0.462. The van der Waals surface area contributed by atoms with Crippen LogP contribution >= 0.6 is 11.3 Å². The Kier molecular flexibility index (Phi) is 4.52. The third kappa shape index (κ3) is 3.19. The van der Waals surface area contributed by atoms with Crippen LogP contribution in [0.3, 0.4) is 0 Å². The zero-order chi connectivity index (χ0) is 13.0.